The number of benzene rings is 1. The number of thioether (sulfide) groups is 1. The Bertz CT molecular complexity index is 1050. The van der Waals surface area contributed by atoms with Crippen LogP contribution >= 0.6 is 23.1 Å². The topological polar surface area (TPSA) is 34.9 Å². The van der Waals surface area contributed by atoms with E-state index < -0.39 is 0 Å². The van der Waals surface area contributed by atoms with Gasteiger partial charge in [-0.1, -0.05) is 51.6 Å². The van der Waals surface area contributed by atoms with E-state index in [1.165, 1.54) is 27.1 Å². The Morgan fingerprint density at radius 3 is 2.29 bits per heavy atom. The molecule has 2 aromatic heterocycles. The molecule has 0 aliphatic heterocycles. The number of nitrogens with zero attached hydrogens (tertiary/aromatic N) is 2. The van der Waals surface area contributed by atoms with Crippen LogP contribution in [0.3, 0.4) is 0 Å². The molecule has 3 rings (SSSR count). The van der Waals surface area contributed by atoms with Gasteiger partial charge in [0.1, 0.15) is 4.83 Å². The summed E-state index contributed by atoms with van der Waals surface area (Å²) >= 11 is 3.31. The van der Waals surface area contributed by atoms with Crippen molar-refractivity contribution in [1.29, 1.82) is 0 Å². The average molecular weight is 415 g/mol. The molecule has 0 fully saturated rings. The molecule has 0 N–H and O–H groups in total. The molecule has 0 spiro atoms. The first-order valence-corrected chi connectivity index (χ1v) is 11.7. The van der Waals surface area contributed by atoms with E-state index in [9.17, 15) is 4.79 Å². The molecular formula is C23H30N2OS2. The molecule has 150 valence electrons. The zero-order chi connectivity index (χ0) is 20.6. The third-order valence-corrected chi connectivity index (χ3v) is 7.42. The lowest BCUT2D eigenvalue weighted by Crippen LogP contribution is -2.21. The number of aryl methyl sites for hydroxylation is 3. The summed E-state index contributed by atoms with van der Waals surface area (Å²) in [5, 5.41) is 1.58. The van der Waals surface area contributed by atoms with Crippen LogP contribution in [0.2, 0.25) is 0 Å². The fourth-order valence-corrected chi connectivity index (χ4v) is 5.67. The van der Waals surface area contributed by atoms with Crippen molar-refractivity contribution in [3.63, 3.8) is 0 Å². The third kappa shape index (κ3) is 4.06. The van der Waals surface area contributed by atoms with E-state index >= 15 is 0 Å². The van der Waals surface area contributed by atoms with Crippen LogP contribution in [0.25, 0.3) is 10.2 Å². The van der Waals surface area contributed by atoms with Gasteiger partial charge in [-0.2, -0.15) is 0 Å². The maximum Gasteiger partial charge on any atom is 0.262 e. The van der Waals surface area contributed by atoms with Crippen molar-refractivity contribution in [1.82, 2.24) is 9.55 Å². The Labute approximate surface area is 176 Å². The van der Waals surface area contributed by atoms with Gasteiger partial charge in [0.15, 0.2) is 5.16 Å². The molecule has 28 heavy (non-hydrogen) atoms. The van der Waals surface area contributed by atoms with Crippen molar-refractivity contribution < 1.29 is 0 Å². The van der Waals surface area contributed by atoms with Crippen LogP contribution < -0.4 is 5.56 Å². The van der Waals surface area contributed by atoms with E-state index in [1.807, 2.05) is 17.6 Å². The molecule has 3 nitrogen and oxygen atoms in total. The maximum absolute atomic E-state index is 12.9. The van der Waals surface area contributed by atoms with Gasteiger partial charge in [-0.3, -0.25) is 9.36 Å². The van der Waals surface area contributed by atoms with Gasteiger partial charge in [-0.05, 0) is 60.9 Å². The second-order valence-electron chi connectivity index (χ2n) is 8.36. The molecule has 3 aromatic rings. The minimum Gasteiger partial charge on any atom is -0.287 e. The summed E-state index contributed by atoms with van der Waals surface area (Å²) in [6, 6.07) is 6.62. The zero-order valence-corrected chi connectivity index (χ0v) is 19.6. The van der Waals surface area contributed by atoms with Gasteiger partial charge in [-0.25, -0.2) is 4.98 Å². The highest BCUT2D eigenvalue weighted by Crippen LogP contribution is 2.31. The lowest BCUT2D eigenvalue weighted by molar-refractivity contribution is 0.589. The third-order valence-electron chi connectivity index (χ3n) is 5.24. The first-order valence-electron chi connectivity index (χ1n) is 9.92. The Kier molecular flexibility index (Phi) is 6.06. The van der Waals surface area contributed by atoms with Crippen LogP contribution in [-0.4, -0.2) is 9.55 Å². The van der Waals surface area contributed by atoms with Gasteiger partial charge in [0.2, 0.25) is 0 Å². The van der Waals surface area contributed by atoms with Crippen molar-refractivity contribution in [3.8, 4) is 0 Å². The maximum atomic E-state index is 12.9. The standard InChI is InChI=1S/C23H30N2OS2/c1-8-17-12-18-20(28-17)24-22(25(9-2)21(18)26)27-13-19-14(3)10-16(11-15(19)4)23(5,6)7/h10-12H,8-9,13H2,1-7H3. The number of aromatic nitrogens is 2. The molecule has 0 radical (unpaired) electrons. The largest absolute Gasteiger partial charge is 0.287 e. The summed E-state index contributed by atoms with van der Waals surface area (Å²) in [4.78, 5) is 19.9. The predicted molar refractivity (Wildman–Crippen MR) is 123 cm³/mol. The summed E-state index contributed by atoms with van der Waals surface area (Å²) in [5.41, 5.74) is 5.57. The van der Waals surface area contributed by atoms with Crippen molar-refractivity contribution in [3.05, 3.63) is 55.7 Å². The first kappa shape index (κ1) is 21.1. The van der Waals surface area contributed by atoms with Gasteiger partial charge >= 0.3 is 0 Å². The number of thiophene rings is 1. The average Bonchev–Trinajstić information content (AvgIpc) is 3.04. The predicted octanol–water partition coefficient (Wildman–Crippen LogP) is 6.25. The van der Waals surface area contributed by atoms with Crippen LogP contribution in [0.4, 0.5) is 0 Å². The van der Waals surface area contributed by atoms with E-state index in [1.54, 1.807) is 23.1 Å². The number of hydrogen-bond acceptors (Lipinski definition) is 4. The van der Waals surface area contributed by atoms with Crippen molar-refractivity contribution >= 4 is 33.3 Å². The Morgan fingerprint density at radius 1 is 1.11 bits per heavy atom. The minimum atomic E-state index is 0.0856. The highest BCUT2D eigenvalue weighted by molar-refractivity contribution is 7.98. The highest BCUT2D eigenvalue weighted by Gasteiger charge is 2.18. The van der Waals surface area contributed by atoms with E-state index in [0.717, 1.165) is 27.5 Å². The van der Waals surface area contributed by atoms with E-state index in [4.69, 9.17) is 4.98 Å². The molecule has 0 unspecified atom stereocenters. The molecular weight excluding hydrogens is 384 g/mol. The van der Waals surface area contributed by atoms with Gasteiger partial charge in [0.25, 0.3) is 5.56 Å². The molecule has 5 heteroatoms. The Hall–Kier alpha value is -1.59. The van der Waals surface area contributed by atoms with Crippen molar-refractivity contribution in [2.24, 2.45) is 0 Å². The summed E-state index contributed by atoms with van der Waals surface area (Å²) in [7, 11) is 0. The first-order chi connectivity index (χ1) is 13.2. The highest BCUT2D eigenvalue weighted by atomic mass is 32.2. The minimum absolute atomic E-state index is 0.0856. The fourth-order valence-electron chi connectivity index (χ4n) is 3.40. The van der Waals surface area contributed by atoms with E-state index in [-0.39, 0.29) is 11.0 Å². The fraction of sp³-hybridized carbons (Fsp3) is 0.478. The monoisotopic (exact) mass is 414 g/mol. The lowest BCUT2D eigenvalue weighted by Gasteiger charge is -2.22. The zero-order valence-electron chi connectivity index (χ0n) is 18.0. The summed E-state index contributed by atoms with van der Waals surface area (Å²) in [6.07, 6.45) is 0.938. The van der Waals surface area contributed by atoms with Crippen LogP contribution in [0.5, 0.6) is 0 Å². The van der Waals surface area contributed by atoms with E-state index in [2.05, 4.69) is 53.7 Å². The molecule has 1 aromatic carbocycles. The normalized spacial score (nSPS) is 12.1. The quantitative estimate of drug-likeness (QED) is 0.366. The smallest absolute Gasteiger partial charge is 0.262 e. The van der Waals surface area contributed by atoms with Crippen LogP contribution in [0.15, 0.2) is 28.2 Å². The van der Waals surface area contributed by atoms with Gasteiger partial charge in [-0.15, -0.1) is 11.3 Å². The van der Waals surface area contributed by atoms with Crippen molar-refractivity contribution in [2.45, 2.75) is 77.8 Å². The number of hydrogen-bond donors (Lipinski definition) is 0. The molecule has 0 saturated heterocycles. The Morgan fingerprint density at radius 2 is 1.75 bits per heavy atom. The molecule has 0 saturated carbocycles. The second kappa shape index (κ2) is 8.03. The molecule has 0 aliphatic rings. The number of rotatable bonds is 5. The molecule has 0 amide bonds. The van der Waals surface area contributed by atoms with E-state index in [0.29, 0.717) is 6.54 Å². The van der Waals surface area contributed by atoms with Crippen molar-refractivity contribution in [2.75, 3.05) is 0 Å². The summed E-state index contributed by atoms with van der Waals surface area (Å²) < 4.78 is 1.81. The lowest BCUT2D eigenvalue weighted by atomic mass is 9.84. The molecule has 0 bridgehead atoms. The van der Waals surface area contributed by atoms with Crippen LogP contribution in [0.1, 0.15) is 61.7 Å². The van der Waals surface area contributed by atoms with Gasteiger partial charge < -0.3 is 0 Å². The number of fused-ring (bicyclic) bond motifs is 1. The van der Waals surface area contributed by atoms with Crippen LogP contribution in [-0.2, 0) is 24.1 Å². The summed E-state index contributed by atoms with van der Waals surface area (Å²) in [6.45, 7) is 15.9. The van der Waals surface area contributed by atoms with Gasteiger partial charge in [0, 0.05) is 17.2 Å². The van der Waals surface area contributed by atoms with Crippen LogP contribution in [0, 0.1) is 13.8 Å². The summed E-state index contributed by atoms with van der Waals surface area (Å²) in [5.74, 6) is 0.825. The molecule has 2 heterocycles. The SMILES string of the molecule is CCc1cc2c(=O)n(CC)c(SCc3c(C)cc(C(C)(C)C)cc3C)nc2s1. The second-order valence-corrected chi connectivity index (χ2v) is 10.4. The molecule has 0 aliphatic carbocycles. The Balaban J connectivity index is 1.97. The van der Waals surface area contributed by atoms with Gasteiger partial charge in [0.05, 0.1) is 5.39 Å². The molecule has 0 atom stereocenters.